The lowest BCUT2D eigenvalue weighted by Gasteiger charge is -2.26. The number of carbonyl (C=O) groups is 1. The first-order chi connectivity index (χ1) is 12.3. The minimum absolute atomic E-state index is 0.725. The number of nitrogens with zero attached hydrogens (tertiary/aromatic N) is 1. The summed E-state index contributed by atoms with van der Waals surface area (Å²) in [5.41, 5.74) is 0.725. The number of rotatable bonds is 3. The number of aliphatic hydroxyl groups is 1. The first kappa shape index (κ1) is 18.8. The largest absolute Gasteiger partial charge is 0.480 e. The van der Waals surface area contributed by atoms with Crippen molar-refractivity contribution in [2.24, 2.45) is 0 Å². The molecule has 0 unspecified atom stereocenters. The number of hydrogen-bond acceptors (Lipinski definition) is 4. The number of aromatic nitrogens is 1. The molecule has 5 heteroatoms. The van der Waals surface area contributed by atoms with E-state index < -0.39 is 16.3 Å². The molecular weight excluding hydrogens is 346 g/mol. The molecule has 1 heterocycles. The van der Waals surface area contributed by atoms with Gasteiger partial charge >= 0.3 is 5.97 Å². The molecule has 0 bridgehead atoms. The number of fused-ring (bicyclic) bond motifs is 1. The third kappa shape index (κ3) is 4.20. The van der Waals surface area contributed by atoms with Crippen LogP contribution >= 0.6 is 11.8 Å². The number of aliphatic carboxylic acids is 1. The molecule has 0 spiro atoms. The molecule has 2 N–H and O–H groups in total. The van der Waals surface area contributed by atoms with Gasteiger partial charge < -0.3 is 10.2 Å². The summed E-state index contributed by atoms with van der Waals surface area (Å²) < 4.78 is -0.937. The van der Waals surface area contributed by atoms with Crippen LogP contribution in [0.1, 0.15) is 51.5 Å². The molecule has 1 fully saturated rings. The maximum atomic E-state index is 11.5. The van der Waals surface area contributed by atoms with Gasteiger partial charge in [0.1, 0.15) is 10.3 Å². The lowest BCUT2D eigenvalue weighted by Crippen LogP contribution is -2.29. The number of pyridine rings is 1. The van der Waals surface area contributed by atoms with Gasteiger partial charge in [-0.25, -0.2) is 0 Å². The van der Waals surface area contributed by atoms with Crippen LogP contribution in [0.2, 0.25) is 0 Å². The van der Waals surface area contributed by atoms with E-state index in [4.69, 9.17) is 0 Å². The Bertz CT molecular complexity index is 889. The van der Waals surface area contributed by atoms with Crippen LogP contribution in [0.3, 0.4) is 0 Å². The second-order valence-electron chi connectivity index (χ2n) is 7.30. The Morgan fingerprint density at radius 2 is 1.96 bits per heavy atom. The predicted molar refractivity (Wildman–Crippen MR) is 104 cm³/mol. The van der Waals surface area contributed by atoms with E-state index in [1.165, 1.54) is 11.8 Å². The van der Waals surface area contributed by atoms with Crippen molar-refractivity contribution >= 4 is 28.6 Å². The van der Waals surface area contributed by atoms with E-state index in [0.717, 1.165) is 53.5 Å². The molecule has 0 saturated heterocycles. The standard InChI is InChI=1S/C21H23NO3S/c1-20(2,19(23)24)26-18-9-13-22-17-7-6-15(14-16(17)18)8-12-21(25)10-4-3-5-11-21/h6-7,9,13-14,25H,3-5,10-11H2,1-2H3,(H,23,24). The fraction of sp³-hybridized carbons (Fsp3) is 0.429. The summed E-state index contributed by atoms with van der Waals surface area (Å²) in [7, 11) is 0. The molecule has 4 nitrogen and oxygen atoms in total. The molecule has 0 amide bonds. The van der Waals surface area contributed by atoms with Crippen molar-refractivity contribution in [3.05, 3.63) is 36.0 Å². The summed E-state index contributed by atoms with van der Waals surface area (Å²) >= 11 is 1.30. The quantitative estimate of drug-likeness (QED) is 0.626. The van der Waals surface area contributed by atoms with E-state index >= 15 is 0 Å². The molecule has 1 aliphatic rings. The fourth-order valence-electron chi connectivity index (χ4n) is 3.06. The Labute approximate surface area is 158 Å². The molecule has 136 valence electrons. The van der Waals surface area contributed by atoms with Gasteiger partial charge in [-0.1, -0.05) is 18.3 Å². The van der Waals surface area contributed by atoms with E-state index in [1.807, 2.05) is 24.3 Å². The van der Waals surface area contributed by atoms with Gasteiger partial charge in [-0.2, -0.15) is 0 Å². The van der Waals surface area contributed by atoms with Gasteiger partial charge in [-0.05, 0) is 63.8 Å². The third-order valence-corrected chi connectivity index (χ3v) is 5.96. The molecule has 2 aromatic rings. The molecule has 1 aromatic carbocycles. The van der Waals surface area contributed by atoms with Crippen LogP contribution in [0, 0.1) is 11.8 Å². The average Bonchev–Trinajstić information content (AvgIpc) is 2.61. The zero-order valence-electron chi connectivity index (χ0n) is 15.1. The van der Waals surface area contributed by atoms with Crippen LogP contribution in [0.4, 0.5) is 0 Å². The van der Waals surface area contributed by atoms with Crippen molar-refractivity contribution in [2.45, 2.75) is 61.2 Å². The zero-order chi connectivity index (χ0) is 18.8. The van der Waals surface area contributed by atoms with Crippen LogP contribution in [0.5, 0.6) is 0 Å². The Kier molecular flexibility index (Phi) is 5.27. The first-order valence-electron chi connectivity index (χ1n) is 8.86. The average molecular weight is 369 g/mol. The normalized spacial score (nSPS) is 16.7. The lowest BCUT2D eigenvalue weighted by atomic mass is 9.85. The number of benzene rings is 1. The summed E-state index contributed by atoms with van der Waals surface area (Å²) in [5, 5.41) is 20.8. The van der Waals surface area contributed by atoms with Gasteiger partial charge in [0.05, 0.1) is 5.52 Å². The van der Waals surface area contributed by atoms with Crippen molar-refractivity contribution < 1.29 is 15.0 Å². The second kappa shape index (κ2) is 7.30. The highest BCUT2D eigenvalue weighted by Crippen LogP contribution is 2.36. The molecular formula is C21H23NO3S. The van der Waals surface area contributed by atoms with Gasteiger partial charge in [0.15, 0.2) is 0 Å². The molecule has 3 rings (SSSR count). The van der Waals surface area contributed by atoms with Crippen LogP contribution in [0.15, 0.2) is 35.4 Å². The van der Waals surface area contributed by atoms with Gasteiger partial charge in [0, 0.05) is 22.0 Å². The van der Waals surface area contributed by atoms with Crippen molar-refractivity contribution in [3.63, 3.8) is 0 Å². The number of hydrogen-bond donors (Lipinski definition) is 2. The lowest BCUT2D eigenvalue weighted by molar-refractivity contribution is -0.138. The molecule has 0 radical (unpaired) electrons. The SMILES string of the molecule is CC(C)(Sc1ccnc2ccc(C#CC3(O)CCCCC3)cc12)C(=O)O. The molecule has 1 aromatic heterocycles. The maximum Gasteiger partial charge on any atom is 0.319 e. The molecule has 1 aliphatic carbocycles. The van der Waals surface area contributed by atoms with E-state index in [1.54, 1.807) is 20.0 Å². The van der Waals surface area contributed by atoms with Crippen molar-refractivity contribution in [2.75, 3.05) is 0 Å². The van der Waals surface area contributed by atoms with Gasteiger partial charge in [0.25, 0.3) is 0 Å². The van der Waals surface area contributed by atoms with Gasteiger partial charge in [-0.15, -0.1) is 11.8 Å². The third-order valence-electron chi connectivity index (χ3n) is 4.70. The van der Waals surface area contributed by atoms with Gasteiger partial charge in [0.2, 0.25) is 0 Å². The number of carboxylic acids is 1. The highest BCUT2D eigenvalue weighted by molar-refractivity contribution is 8.01. The van der Waals surface area contributed by atoms with E-state index in [0.29, 0.717) is 0 Å². The smallest absolute Gasteiger partial charge is 0.319 e. The van der Waals surface area contributed by atoms with Crippen LogP contribution in [0.25, 0.3) is 10.9 Å². The Balaban J connectivity index is 1.95. The molecule has 1 saturated carbocycles. The fourth-order valence-corrected chi connectivity index (χ4v) is 4.10. The second-order valence-corrected chi connectivity index (χ2v) is 8.97. The maximum absolute atomic E-state index is 11.5. The van der Waals surface area contributed by atoms with Crippen LogP contribution in [-0.2, 0) is 4.79 Å². The summed E-state index contributed by atoms with van der Waals surface area (Å²) in [5.74, 6) is 5.30. The number of thioether (sulfide) groups is 1. The summed E-state index contributed by atoms with van der Waals surface area (Å²) in [4.78, 5) is 16.7. The van der Waals surface area contributed by atoms with Crippen LogP contribution < -0.4 is 0 Å². The topological polar surface area (TPSA) is 70.4 Å². The highest BCUT2D eigenvalue weighted by Gasteiger charge is 2.29. The van der Waals surface area contributed by atoms with Crippen molar-refractivity contribution in [1.82, 2.24) is 4.98 Å². The summed E-state index contributed by atoms with van der Waals surface area (Å²) in [6.07, 6.45) is 6.33. The molecule has 0 atom stereocenters. The highest BCUT2D eigenvalue weighted by atomic mass is 32.2. The minimum Gasteiger partial charge on any atom is -0.480 e. The Morgan fingerprint density at radius 3 is 2.65 bits per heavy atom. The molecule has 26 heavy (non-hydrogen) atoms. The number of carboxylic acid groups (broad SMARTS) is 1. The monoisotopic (exact) mass is 369 g/mol. The van der Waals surface area contributed by atoms with Crippen molar-refractivity contribution in [1.29, 1.82) is 0 Å². The Morgan fingerprint density at radius 1 is 1.23 bits per heavy atom. The van der Waals surface area contributed by atoms with Crippen molar-refractivity contribution in [3.8, 4) is 11.8 Å². The van der Waals surface area contributed by atoms with E-state index in [-0.39, 0.29) is 0 Å². The zero-order valence-corrected chi connectivity index (χ0v) is 15.9. The van der Waals surface area contributed by atoms with E-state index in [9.17, 15) is 15.0 Å². The molecule has 0 aliphatic heterocycles. The van der Waals surface area contributed by atoms with E-state index in [2.05, 4.69) is 16.8 Å². The summed E-state index contributed by atoms with van der Waals surface area (Å²) in [6, 6.07) is 7.55. The van der Waals surface area contributed by atoms with Gasteiger partial charge in [-0.3, -0.25) is 9.78 Å². The Hall–Kier alpha value is -2.03. The first-order valence-corrected chi connectivity index (χ1v) is 9.68. The summed E-state index contributed by atoms with van der Waals surface area (Å²) in [6.45, 7) is 3.38. The minimum atomic E-state index is -0.937. The van der Waals surface area contributed by atoms with Crippen LogP contribution in [-0.4, -0.2) is 31.5 Å². The predicted octanol–water partition coefficient (Wildman–Crippen LogP) is 4.24.